The highest BCUT2D eigenvalue weighted by Crippen LogP contribution is 2.24. The molecule has 14 heavy (non-hydrogen) atoms. The van der Waals surface area contributed by atoms with Gasteiger partial charge in [-0.2, -0.15) is 0 Å². The predicted molar refractivity (Wildman–Crippen MR) is 60.8 cm³/mol. The lowest BCUT2D eigenvalue weighted by Crippen LogP contribution is -1.92. The van der Waals surface area contributed by atoms with Crippen LogP contribution in [0.4, 0.5) is 0 Å². The fourth-order valence-electron chi connectivity index (χ4n) is 1.55. The van der Waals surface area contributed by atoms with Crippen LogP contribution in [0.2, 0.25) is 0 Å². The van der Waals surface area contributed by atoms with Crippen LogP contribution in [0.15, 0.2) is 11.7 Å². The molecule has 2 rings (SSSR count). The van der Waals surface area contributed by atoms with Gasteiger partial charge in [0, 0.05) is 6.20 Å². The average Bonchev–Trinajstić information content (AvgIpc) is 2.66. The number of hydrogen-bond donors (Lipinski definition) is 0. The summed E-state index contributed by atoms with van der Waals surface area (Å²) in [6, 6.07) is 0. The van der Waals surface area contributed by atoms with Gasteiger partial charge in [-0.05, 0) is 25.3 Å². The van der Waals surface area contributed by atoms with Crippen LogP contribution in [0.1, 0.15) is 31.0 Å². The zero-order valence-corrected chi connectivity index (χ0v) is 9.40. The molecule has 2 nitrogen and oxygen atoms in total. The van der Waals surface area contributed by atoms with Gasteiger partial charge in [0.25, 0.3) is 0 Å². The molecule has 2 aromatic heterocycles. The van der Waals surface area contributed by atoms with Crippen molar-refractivity contribution in [3.05, 3.63) is 23.0 Å². The highest BCUT2D eigenvalue weighted by atomic mass is 32.1. The van der Waals surface area contributed by atoms with E-state index < -0.39 is 0 Å². The van der Waals surface area contributed by atoms with Crippen molar-refractivity contribution in [2.24, 2.45) is 0 Å². The van der Waals surface area contributed by atoms with Crippen LogP contribution in [0.3, 0.4) is 0 Å². The van der Waals surface area contributed by atoms with Gasteiger partial charge in [-0.25, -0.2) is 4.98 Å². The van der Waals surface area contributed by atoms with Crippen molar-refractivity contribution >= 4 is 21.6 Å². The first-order valence-corrected chi connectivity index (χ1v) is 5.88. The van der Waals surface area contributed by atoms with E-state index >= 15 is 0 Å². The zero-order chi connectivity index (χ0) is 9.97. The maximum Gasteiger partial charge on any atom is 0.103 e. The highest BCUT2D eigenvalue weighted by molar-refractivity contribution is 7.16. The van der Waals surface area contributed by atoms with Crippen molar-refractivity contribution in [2.45, 2.75) is 33.1 Å². The lowest BCUT2D eigenvalue weighted by Gasteiger charge is -2.01. The summed E-state index contributed by atoms with van der Waals surface area (Å²) in [5.74, 6) is 0. The number of rotatable bonds is 3. The fourth-order valence-corrected chi connectivity index (χ4v) is 2.34. The summed E-state index contributed by atoms with van der Waals surface area (Å²) in [5, 5.41) is 0. The molecule has 74 valence electrons. The number of pyridine rings is 1. The number of hydrogen-bond acceptors (Lipinski definition) is 3. The first-order valence-electron chi connectivity index (χ1n) is 5.00. The Bertz CT molecular complexity index is 434. The summed E-state index contributed by atoms with van der Waals surface area (Å²) in [6.45, 7) is 4.30. The zero-order valence-electron chi connectivity index (χ0n) is 8.58. The third kappa shape index (κ3) is 1.64. The molecule has 0 saturated heterocycles. The maximum atomic E-state index is 4.46. The van der Waals surface area contributed by atoms with Crippen molar-refractivity contribution in [3.8, 4) is 0 Å². The minimum atomic E-state index is 1.05. The second-order valence-electron chi connectivity index (χ2n) is 3.52. The Morgan fingerprint density at radius 3 is 3.00 bits per heavy atom. The van der Waals surface area contributed by atoms with E-state index in [0.29, 0.717) is 0 Å². The lowest BCUT2D eigenvalue weighted by atomic mass is 10.1. The van der Waals surface area contributed by atoms with Crippen molar-refractivity contribution < 1.29 is 0 Å². The molecule has 0 aliphatic carbocycles. The number of fused-ring (bicyclic) bond motifs is 1. The molecular weight excluding hydrogens is 192 g/mol. The molecule has 0 unspecified atom stereocenters. The molecule has 0 aliphatic heterocycles. The molecule has 2 aromatic rings. The van der Waals surface area contributed by atoms with Gasteiger partial charge in [-0.15, -0.1) is 11.3 Å². The highest BCUT2D eigenvalue weighted by Gasteiger charge is 2.06. The molecule has 0 radical (unpaired) electrons. The smallest absolute Gasteiger partial charge is 0.103 e. The van der Waals surface area contributed by atoms with Crippen molar-refractivity contribution in [3.63, 3.8) is 0 Å². The van der Waals surface area contributed by atoms with Gasteiger partial charge in [0.05, 0.1) is 15.9 Å². The minimum Gasteiger partial charge on any atom is -0.259 e. The molecule has 0 fully saturated rings. The van der Waals surface area contributed by atoms with E-state index in [1.54, 1.807) is 11.3 Å². The lowest BCUT2D eigenvalue weighted by molar-refractivity contribution is 0.780. The molecule has 0 aliphatic rings. The number of aromatic nitrogens is 2. The second-order valence-corrected chi connectivity index (χ2v) is 4.38. The van der Waals surface area contributed by atoms with Crippen LogP contribution in [0.25, 0.3) is 10.2 Å². The summed E-state index contributed by atoms with van der Waals surface area (Å²) < 4.78 is 1.30. The third-order valence-electron chi connectivity index (χ3n) is 2.38. The van der Waals surface area contributed by atoms with Crippen LogP contribution < -0.4 is 0 Å². The largest absolute Gasteiger partial charge is 0.259 e. The number of aryl methyl sites for hydroxylation is 2. The number of thiazole rings is 1. The Labute approximate surface area is 88.0 Å². The molecule has 0 amide bonds. The Kier molecular flexibility index (Phi) is 2.77. The van der Waals surface area contributed by atoms with Crippen LogP contribution in [-0.2, 0) is 6.42 Å². The van der Waals surface area contributed by atoms with Crippen LogP contribution in [0.5, 0.6) is 0 Å². The SMILES string of the molecule is CCCCc1ncc(C)c2scnc12. The molecule has 0 spiro atoms. The quantitative estimate of drug-likeness (QED) is 0.769. The van der Waals surface area contributed by atoms with E-state index in [2.05, 4.69) is 23.8 Å². The van der Waals surface area contributed by atoms with Gasteiger partial charge < -0.3 is 0 Å². The van der Waals surface area contributed by atoms with Crippen LogP contribution in [0, 0.1) is 6.92 Å². The summed E-state index contributed by atoms with van der Waals surface area (Å²) in [4.78, 5) is 8.85. The summed E-state index contributed by atoms with van der Waals surface area (Å²) in [7, 11) is 0. The van der Waals surface area contributed by atoms with Gasteiger partial charge in [0.2, 0.25) is 0 Å². The normalized spacial score (nSPS) is 11.0. The van der Waals surface area contributed by atoms with E-state index in [0.717, 1.165) is 17.6 Å². The van der Waals surface area contributed by atoms with Crippen LogP contribution in [-0.4, -0.2) is 9.97 Å². The van der Waals surface area contributed by atoms with E-state index in [9.17, 15) is 0 Å². The van der Waals surface area contributed by atoms with Gasteiger partial charge in [-0.3, -0.25) is 4.98 Å². The van der Waals surface area contributed by atoms with Crippen molar-refractivity contribution in [1.29, 1.82) is 0 Å². The molecular formula is C11H14N2S. The van der Waals surface area contributed by atoms with E-state index in [1.807, 2.05) is 11.7 Å². The van der Waals surface area contributed by atoms with Gasteiger partial charge in [0.1, 0.15) is 5.52 Å². The van der Waals surface area contributed by atoms with E-state index in [4.69, 9.17) is 0 Å². The number of nitrogens with zero attached hydrogens (tertiary/aromatic N) is 2. The first kappa shape index (κ1) is 9.59. The molecule has 0 bridgehead atoms. The Morgan fingerprint density at radius 2 is 2.21 bits per heavy atom. The summed E-state index contributed by atoms with van der Waals surface area (Å²) in [6.07, 6.45) is 5.42. The summed E-state index contributed by atoms with van der Waals surface area (Å²) >= 11 is 1.71. The molecule has 0 atom stereocenters. The van der Waals surface area contributed by atoms with Gasteiger partial charge >= 0.3 is 0 Å². The fraction of sp³-hybridized carbons (Fsp3) is 0.455. The monoisotopic (exact) mass is 206 g/mol. The molecule has 3 heteroatoms. The topological polar surface area (TPSA) is 25.8 Å². The minimum absolute atomic E-state index is 1.05. The Morgan fingerprint density at radius 1 is 1.36 bits per heavy atom. The number of unbranched alkanes of at least 4 members (excludes halogenated alkanes) is 1. The van der Waals surface area contributed by atoms with E-state index in [1.165, 1.54) is 23.1 Å². The van der Waals surface area contributed by atoms with Gasteiger partial charge in [0.15, 0.2) is 0 Å². The van der Waals surface area contributed by atoms with E-state index in [-0.39, 0.29) is 0 Å². The Balaban J connectivity index is 2.45. The molecule has 0 N–H and O–H groups in total. The standard InChI is InChI=1S/C11H14N2S/c1-3-4-5-9-10-11(14-7-13-10)8(2)6-12-9/h6-7H,3-5H2,1-2H3. The maximum absolute atomic E-state index is 4.46. The molecule has 2 heterocycles. The predicted octanol–water partition coefficient (Wildman–Crippen LogP) is 3.34. The van der Waals surface area contributed by atoms with Crippen LogP contribution >= 0.6 is 11.3 Å². The molecule has 0 saturated carbocycles. The van der Waals surface area contributed by atoms with Crippen molar-refractivity contribution in [2.75, 3.05) is 0 Å². The Hall–Kier alpha value is -0.960. The second kappa shape index (κ2) is 4.05. The van der Waals surface area contributed by atoms with Crippen molar-refractivity contribution in [1.82, 2.24) is 9.97 Å². The summed E-state index contributed by atoms with van der Waals surface area (Å²) in [5.41, 5.74) is 5.43. The molecule has 0 aromatic carbocycles. The average molecular weight is 206 g/mol. The third-order valence-corrected chi connectivity index (χ3v) is 3.34. The van der Waals surface area contributed by atoms with Gasteiger partial charge in [-0.1, -0.05) is 13.3 Å². The first-order chi connectivity index (χ1) is 6.83.